The molecule has 0 atom stereocenters. The zero-order chi connectivity index (χ0) is 14.0. The largest absolute Gasteiger partial charge is 0.478 e. The summed E-state index contributed by atoms with van der Waals surface area (Å²) in [6.45, 7) is 6.56. The lowest BCUT2D eigenvalue weighted by atomic mass is 10.0. The molecule has 104 valence electrons. The molecule has 1 aliphatic rings. The summed E-state index contributed by atoms with van der Waals surface area (Å²) in [6.07, 6.45) is 0. The molecule has 4 nitrogen and oxygen atoms in total. The van der Waals surface area contributed by atoms with Crippen LogP contribution in [0.1, 0.15) is 29.8 Å². The number of nitrogens with zero attached hydrogens (tertiary/aromatic N) is 1. The molecule has 0 unspecified atom stereocenters. The van der Waals surface area contributed by atoms with E-state index < -0.39 is 11.8 Å². The zero-order valence-electron chi connectivity index (χ0n) is 11.1. The summed E-state index contributed by atoms with van der Waals surface area (Å²) in [7, 11) is 0. The number of ether oxygens (including phenoxy) is 1. The van der Waals surface area contributed by atoms with Crippen LogP contribution in [-0.4, -0.2) is 41.3 Å². The van der Waals surface area contributed by atoms with Crippen molar-refractivity contribution in [1.29, 1.82) is 0 Å². The Labute approximate surface area is 111 Å². The molecule has 0 aliphatic carbocycles. The first kappa shape index (κ1) is 14.0. The first-order chi connectivity index (χ1) is 8.90. The van der Waals surface area contributed by atoms with Gasteiger partial charge >= 0.3 is 5.97 Å². The normalized spacial score (nSPS) is 19.3. The second-order valence-corrected chi connectivity index (χ2v) is 5.40. The average Bonchev–Trinajstić information content (AvgIpc) is 2.33. The summed E-state index contributed by atoms with van der Waals surface area (Å²) in [6, 6.07) is 4.06. The Balaban J connectivity index is 2.17. The SMILES string of the molecule is CC1(C)COCCN1Cc1ccc(C(=O)O)cc1F. The van der Waals surface area contributed by atoms with E-state index in [2.05, 4.69) is 18.7 Å². The predicted molar refractivity (Wildman–Crippen MR) is 68.7 cm³/mol. The van der Waals surface area contributed by atoms with Gasteiger partial charge in [-0.3, -0.25) is 4.90 Å². The van der Waals surface area contributed by atoms with Crippen LogP contribution in [0.15, 0.2) is 18.2 Å². The van der Waals surface area contributed by atoms with E-state index in [1.165, 1.54) is 6.07 Å². The fraction of sp³-hybridized carbons (Fsp3) is 0.500. The molecule has 1 N–H and O–H groups in total. The second kappa shape index (κ2) is 5.27. The summed E-state index contributed by atoms with van der Waals surface area (Å²) in [4.78, 5) is 12.9. The summed E-state index contributed by atoms with van der Waals surface area (Å²) in [5.74, 6) is -1.58. The highest BCUT2D eigenvalue weighted by molar-refractivity contribution is 5.87. The van der Waals surface area contributed by atoms with Gasteiger partial charge in [-0.15, -0.1) is 0 Å². The maximum atomic E-state index is 13.9. The van der Waals surface area contributed by atoms with Gasteiger partial charge in [0.1, 0.15) is 5.82 Å². The Morgan fingerprint density at radius 3 is 2.84 bits per heavy atom. The van der Waals surface area contributed by atoms with Crippen LogP contribution in [0.2, 0.25) is 0 Å². The Morgan fingerprint density at radius 2 is 2.26 bits per heavy atom. The predicted octanol–water partition coefficient (Wildman–Crippen LogP) is 2.13. The molecule has 1 aromatic carbocycles. The van der Waals surface area contributed by atoms with Gasteiger partial charge in [0.05, 0.1) is 18.8 Å². The molecule has 2 rings (SSSR count). The summed E-state index contributed by atoms with van der Waals surface area (Å²) >= 11 is 0. The number of aromatic carboxylic acids is 1. The number of carbonyl (C=O) groups is 1. The van der Waals surface area contributed by atoms with E-state index in [1.54, 1.807) is 6.07 Å². The van der Waals surface area contributed by atoms with Crippen LogP contribution in [0.3, 0.4) is 0 Å². The van der Waals surface area contributed by atoms with E-state index in [0.717, 1.165) is 12.6 Å². The lowest BCUT2D eigenvalue weighted by Crippen LogP contribution is -2.52. The summed E-state index contributed by atoms with van der Waals surface area (Å²) in [5, 5.41) is 8.81. The minimum absolute atomic E-state index is 0.0255. The molecule has 0 bridgehead atoms. The Morgan fingerprint density at radius 1 is 1.53 bits per heavy atom. The zero-order valence-corrected chi connectivity index (χ0v) is 11.1. The molecule has 1 saturated heterocycles. The van der Waals surface area contributed by atoms with E-state index >= 15 is 0 Å². The van der Waals surface area contributed by atoms with Crippen LogP contribution in [0.5, 0.6) is 0 Å². The molecule has 1 fully saturated rings. The van der Waals surface area contributed by atoms with Crippen molar-refractivity contribution in [2.75, 3.05) is 19.8 Å². The average molecular weight is 267 g/mol. The van der Waals surface area contributed by atoms with Gasteiger partial charge in [-0.05, 0) is 26.0 Å². The minimum Gasteiger partial charge on any atom is -0.478 e. The number of carboxylic acids is 1. The summed E-state index contributed by atoms with van der Waals surface area (Å²) < 4.78 is 19.3. The highest BCUT2D eigenvalue weighted by Crippen LogP contribution is 2.23. The highest BCUT2D eigenvalue weighted by atomic mass is 19.1. The standard InChI is InChI=1S/C14H18FNO3/c1-14(2)9-19-6-5-16(14)8-11-4-3-10(13(17)18)7-12(11)15/h3-4,7H,5-6,8-9H2,1-2H3,(H,17,18). The molecule has 19 heavy (non-hydrogen) atoms. The molecule has 1 aliphatic heterocycles. The molecule has 1 aromatic rings. The van der Waals surface area contributed by atoms with E-state index in [-0.39, 0.29) is 11.1 Å². The number of carboxylic acid groups (broad SMARTS) is 1. The fourth-order valence-electron chi connectivity index (χ4n) is 2.20. The van der Waals surface area contributed by atoms with Crippen LogP contribution in [0.4, 0.5) is 4.39 Å². The van der Waals surface area contributed by atoms with Crippen molar-refractivity contribution >= 4 is 5.97 Å². The number of hydrogen-bond acceptors (Lipinski definition) is 3. The molecular formula is C14H18FNO3. The topological polar surface area (TPSA) is 49.8 Å². The quantitative estimate of drug-likeness (QED) is 0.911. The van der Waals surface area contributed by atoms with Gasteiger partial charge < -0.3 is 9.84 Å². The molecule has 0 radical (unpaired) electrons. The maximum Gasteiger partial charge on any atom is 0.335 e. The number of rotatable bonds is 3. The van der Waals surface area contributed by atoms with Crippen LogP contribution >= 0.6 is 0 Å². The van der Waals surface area contributed by atoms with Crippen molar-refractivity contribution in [3.63, 3.8) is 0 Å². The lowest BCUT2D eigenvalue weighted by Gasteiger charge is -2.42. The Kier molecular flexibility index (Phi) is 3.87. The first-order valence-electron chi connectivity index (χ1n) is 6.25. The van der Waals surface area contributed by atoms with Crippen molar-refractivity contribution in [2.45, 2.75) is 25.9 Å². The third-order valence-corrected chi connectivity index (χ3v) is 3.48. The van der Waals surface area contributed by atoms with Gasteiger partial charge in [-0.25, -0.2) is 9.18 Å². The minimum atomic E-state index is -1.11. The third-order valence-electron chi connectivity index (χ3n) is 3.48. The van der Waals surface area contributed by atoms with Crippen molar-refractivity contribution in [1.82, 2.24) is 4.90 Å². The monoisotopic (exact) mass is 267 g/mol. The van der Waals surface area contributed by atoms with Gasteiger partial charge in [0.2, 0.25) is 0 Å². The number of morpholine rings is 1. The van der Waals surface area contributed by atoms with Crippen LogP contribution in [0, 0.1) is 5.82 Å². The van der Waals surface area contributed by atoms with E-state index in [9.17, 15) is 9.18 Å². The molecule has 0 saturated carbocycles. The van der Waals surface area contributed by atoms with Gasteiger partial charge in [-0.1, -0.05) is 6.07 Å². The molecule has 0 aromatic heterocycles. The molecule has 1 heterocycles. The maximum absolute atomic E-state index is 13.9. The highest BCUT2D eigenvalue weighted by Gasteiger charge is 2.30. The summed E-state index contributed by atoms with van der Waals surface area (Å²) in [5.41, 5.74) is 0.346. The lowest BCUT2D eigenvalue weighted by molar-refractivity contribution is -0.0556. The van der Waals surface area contributed by atoms with Gasteiger partial charge in [0.15, 0.2) is 0 Å². The fourth-order valence-corrected chi connectivity index (χ4v) is 2.20. The number of benzene rings is 1. The van der Waals surface area contributed by atoms with Gasteiger partial charge in [-0.2, -0.15) is 0 Å². The van der Waals surface area contributed by atoms with E-state index in [1.807, 2.05) is 0 Å². The van der Waals surface area contributed by atoms with Crippen LogP contribution in [-0.2, 0) is 11.3 Å². The van der Waals surface area contributed by atoms with Gasteiger partial charge in [0, 0.05) is 24.2 Å². The third kappa shape index (κ3) is 3.11. The molecule has 0 amide bonds. The molecule has 0 spiro atoms. The van der Waals surface area contributed by atoms with Gasteiger partial charge in [0.25, 0.3) is 0 Å². The number of hydrogen-bond donors (Lipinski definition) is 1. The molecular weight excluding hydrogens is 249 g/mol. The second-order valence-electron chi connectivity index (χ2n) is 5.40. The number of halogens is 1. The van der Waals surface area contributed by atoms with Crippen LogP contribution in [0.25, 0.3) is 0 Å². The molecule has 5 heteroatoms. The van der Waals surface area contributed by atoms with Crippen LogP contribution < -0.4 is 0 Å². The van der Waals surface area contributed by atoms with E-state index in [0.29, 0.717) is 25.3 Å². The van der Waals surface area contributed by atoms with Crippen molar-refractivity contribution in [2.24, 2.45) is 0 Å². The Hall–Kier alpha value is -1.46. The smallest absolute Gasteiger partial charge is 0.335 e. The van der Waals surface area contributed by atoms with Crippen molar-refractivity contribution in [3.05, 3.63) is 35.1 Å². The van der Waals surface area contributed by atoms with Crippen molar-refractivity contribution < 1.29 is 19.0 Å². The van der Waals surface area contributed by atoms with Crippen molar-refractivity contribution in [3.8, 4) is 0 Å². The first-order valence-corrected chi connectivity index (χ1v) is 6.25. The Bertz CT molecular complexity index is 488. The van der Waals surface area contributed by atoms with E-state index in [4.69, 9.17) is 9.84 Å².